The molecule has 4 nitrogen and oxygen atoms in total. The van der Waals surface area contributed by atoms with E-state index >= 15 is 0 Å². The van der Waals surface area contributed by atoms with Crippen molar-refractivity contribution in [1.29, 1.82) is 0 Å². The van der Waals surface area contributed by atoms with Crippen LogP contribution < -0.4 is 5.32 Å². The van der Waals surface area contributed by atoms with Crippen LogP contribution in [0.4, 0.5) is 0 Å². The number of hydrogen-bond acceptors (Lipinski definition) is 2. The maximum Gasteiger partial charge on any atom is 0.243 e. The molecule has 0 aliphatic rings. The van der Waals surface area contributed by atoms with Crippen molar-refractivity contribution in [2.24, 2.45) is 0 Å². The molecular formula is C29H33BrN2O2. The summed E-state index contributed by atoms with van der Waals surface area (Å²) in [5.74, 6) is -0.225. The van der Waals surface area contributed by atoms with Crippen LogP contribution in [-0.4, -0.2) is 28.3 Å². The average Bonchev–Trinajstić information content (AvgIpc) is 2.77. The minimum atomic E-state index is -0.640. The van der Waals surface area contributed by atoms with E-state index in [4.69, 9.17) is 0 Å². The minimum Gasteiger partial charge on any atom is -0.350 e. The number of carbonyl (C=O) groups is 2. The Kier molecular flexibility index (Phi) is 8.67. The molecule has 2 amide bonds. The lowest BCUT2D eigenvalue weighted by molar-refractivity contribution is -0.141. The summed E-state index contributed by atoms with van der Waals surface area (Å²) in [6.07, 6.45) is 0.679. The van der Waals surface area contributed by atoms with E-state index in [9.17, 15) is 9.59 Å². The molecule has 0 saturated carbocycles. The number of nitrogens with one attached hydrogen (secondary N) is 1. The maximum atomic E-state index is 13.7. The lowest BCUT2D eigenvalue weighted by Gasteiger charge is -2.34. The van der Waals surface area contributed by atoms with Gasteiger partial charge in [-0.1, -0.05) is 88.2 Å². The Balaban J connectivity index is 1.98. The molecule has 0 heterocycles. The van der Waals surface area contributed by atoms with E-state index in [1.807, 2.05) is 107 Å². The summed E-state index contributed by atoms with van der Waals surface area (Å²) in [5.41, 5.74) is 3.65. The van der Waals surface area contributed by atoms with Crippen molar-refractivity contribution in [1.82, 2.24) is 10.2 Å². The summed E-state index contributed by atoms with van der Waals surface area (Å²) < 4.78 is 0.940. The van der Waals surface area contributed by atoms with Gasteiger partial charge in [-0.15, -0.1) is 0 Å². The Bertz CT molecular complexity index is 1100. The molecule has 0 aromatic heterocycles. The quantitative estimate of drug-likeness (QED) is 0.404. The number of amides is 2. The maximum absolute atomic E-state index is 13.7. The minimum absolute atomic E-state index is 0.0752. The third-order valence-corrected chi connectivity index (χ3v) is 5.98. The Morgan fingerprint density at radius 2 is 1.53 bits per heavy atom. The number of halogens is 1. The summed E-state index contributed by atoms with van der Waals surface area (Å²) >= 11 is 3.53. The van der Waals surface area contributed by atoms with Crippen molar-refractivity contribution in [3.63, 3.8) is 0 Å². The lowest BCUT2D eigenvalue weighted by atomic mass is 9.99. The Morgan fingerprint density at radius 3 is 2.15 bits per heavy atom. The number of nitrogens with zero attached hydrogens (tertiary/aromatic N) is 1. The van der Waals surface area contributed by atoms with Crippen LogP contribution in [0.25, 0.3) is 0 Å². The van der Waals surface area contributed by atoms with Crippen LogP contribution in [0.3, 0.4) is 0 Å². The number of aryl methyl sites for hydroxylation is 1. The molecule has 1 N–H and O–H groups in total. The van der Waals surface area contributed by atoms with Crippen LogP contribution in [0.5, 0.6) is 0 Å². The van der Waals surface area contributed by atoms with Crippen LogP contribution in [0, 0.1) is 6.92 Å². The molecule has 0 spiro atoms. The zero-order chi connectivity index (χ0) is 24.7. The van der Waals surface area contributed by atoms with Crippen LogP contribution in [0.1, 0.15) is 43.0 Å². The first-order valence-corrected chi connectivity index (χ1v) is 12.4. The van der Waals surface area contributed by atoms with Gasteiger partial charge in [-0.05, 0) is 56.5 Å². The molecule has 3 aromatic carbocycles. The SMILES string of the molecule is Cc1ccc(CC(=O)N(Cc2cccc(Br)c2)[C@@H](Cc2ccccc2)C(=O)NC(C)(C)C)cc1. The third-order valence-electron chi connectivity index (χ3n) is 5.49. The monoisotopic (exact) mass is 520 g/mol. The number of hydrogen-bond donors (Lipinski definition) is 1. The molecule has 0 unspecified atom stereocenters. The first-order chi connectivity index (χ1) is 16.1. The largest absolute Gasteiger partial charge is 0.350 e. The molecule has 5 heteroatoms. The van der Waals surface area contributed by atoms with Gasteiger partial charge in [0.1, 0.15) is 6.04 Å². The van der Waals surface area contributed by atoms with Crippen LogP contribution in [-0.2, 0) is 29.0 Å². The van der Waals surface area contributed by atoms with Crippen molar-refractivity contribution >= 4 is 27.7 Å². The lowest BCUT2D eigenvalue weighted by Crippen LogP contribution is -2.54. The molecule has 0 radical (unpaired) electrons. The van der Waals surface area contributed by atoms with E-state index < -0.39 is 11.6 Å². The zero-order valence-electron chi connectivity index (χ0n) is 20.3. The number of carbonyl (C=O) groups excluding carboxylic acids is 2. The highest BCUT2D eigenvalue weighted by molar-refractivity contribution is 9.10. The Labute approximate surface area is 211 Å². The molecule has 0 bridgehead atoms. The molecule has 0 aliphatic carbocycles. The van der Waals surface area contributed by atoms with Crippen molar-refractivity contribution in [2.45, 2.75) is 58.7 Å². The van der Waals surface area contributed by atoms with E-state index in [1.54, 1.807) is 4.90 Å². The van der Waals surface area contributed by atoms with E-state index in [0.29, 0.717) is 13.0 Å². The fourth-order valence-corrected chi connectivity index (χ4v) is 4.27. The van der Waals surface area contributed by atoms with E-state index in [-0.39, 0.29) is 18.2 Å². The molecule has 3 rings (SSSR count). The van der Waals surface area contributed by atoms with Gasteiger partial charge in [-0.2, -0.15) is 0 Å². The predicted octanol–water partition coefficient (Wildman–Crippen LogP) is 5.85. The second-order valence-electron chi connectivity index (χ2n) is 9.76. The highest BCUT2D eigenvalue weighted by Crippen LogP contribution is 2.20. The summed E-state index contributed by atoms with van der Waals surface area (Å²) in [5, 5.41) is 3.10. The van der Waals surface area contributed by atoms with Gasteiger partial charge in [-0.25, -0.2) is 0 Å². The van der Waals surface area contributed by atoms with Crippen molar-refractivity contribution < 1.29 is 9.59 Å². The average molecular weight is 521 g/mol. The van der Waals surface area contributed by atoms with Gasteiger partial charge < -0.3 is 10.2 Å². The second kappa shape index (κ2) is 11.5. The van der Waals surface area contributed by atoms with E-state index in [2.05, 4.69) is 21.2 Å². The molecule has 0 saturated heterocycles. The van der Waals surface area contributed by atoms with Gasteiger partial charge in [0.15, 0.2) is 0 Å². The first-order valence-electron chi connectivity index (χ1n) is 11.6. The van der Waals surface area contributed by atoms with Crippen LogP contribution >= 0.6 is 15.9 Å². The molecular weight excluding hydrogens is 488 g/mol. The van der Waals surface area contributed by atoms with Gasteiger partial charge >= 0.3 is 0 Å². The van der Waals surface area contributed by atoms with Gasteiger partial charge in [-0.3, -0.25) is 9.59 Å². The van der Waals surface area contributed by atoms with Gasteiger partial charge in [0.2, 0.25) is 11.8 Å². The number of benzene rings is 3. The predicted molar refractivity (Wildman–Crippen MR) is 141 cm³/mol. The first kappa shape index (κ1) is 25.7. The number of rotatable bonds is 8. The third kappa shape index (κ3) is 7.84. The molecule has 0 aliphatic heterocycles. The highest BCUT2D eigenvalue weighted by Gasteiger charge is 2.32. The fourth-order valence-electron chi connectivity index (χ4n) is 3.82. The van der Waals surface area contributed by atoms with Crippen molar-refractivity contribution in [3.8, 4) is 0 Å². The summed E-state index contributed by atoms with van der Waals surface area (Å²) in [4.78, 5) is 29.0. The summed E-state index contributed by atoms with van der Waals surface area (Å²) in [7, 11) is 0. The highest BCUT2D eigenvalue weighted by atomic mass is 79.9. The topological polar surface area (TPSA) is 49.4 Å². The van der Waals surface area contributed by atoms with Crippen LogP contribution in [0.2, 0.25) is 0 Å². The molecule has 178 valence electrons. The normalized spacial score (nSPS) is 12.1. The smallest absolute Gasteiger partial charge is 0.243 e. The van der Waals surface area contributed by atoms with Gasteiger partial charge in [0, 0.05) is 23.0 Å². The molecule has 34 heavy (non-hydrogen) atoms. The Hall–Kier alpha value is -2.92. The van der Waals surface area contributed by atoms with Crippen molar-refractivity contribution in [2.75, 3.05) is 0 Å². The molecule has 0 fully saturated rings. The summed E-state index contributed by atoms with van der Waals surface area (Å²) in [6, 6.07) is 25.1. The molecule has 1 atom stereocenters. The second-order valence-corrected chi connectivity index (χ2v) is 10.7. The van der Waals surface area contributed by atoms with E-state index in [0.717, 1.165) is 26.7 Å². The fraction of sp³-hybridized carbons (Fsp3) is 0.310. The van der Waals surface area contributed by atoms with Gasteiger partial charge in [0.25, 0.3) is 0 Å². The Morgan fingerprint density at radius 1 is 0.882 bits per heavy atom. The van der Waals surface area contributed by atoms with E-state index in [1.165, 1.54) is 0 Å². The standard InChI is InChI=1S/C29H33BrN2O2/c1-21-13-15-23(16-14-21)19-27(33)32(20-24-11-8-12-25(30)17-24)26(28(34)31-29(2,3)4)18-22-9-6-5-7-10-22/h5-17,26H,18-20H2,1-4H3,(H,31,34)/t26-/m0/s1. The molecule has 3 aromatic rings. The summed E-state index contributed by atoms with van der Waals surface area (Å²) in [6.45, 7) is 8.24. The van der Waals surface area contributed by atoms with Crippen molar-refractivity contribution in [3.05, 3.63) is 106 Å². The van der Waals surface area contributed by atoms with Crippen LogP contribution in [0.15, 0.2) is 83.3 Å². The zero-order valence-corrected chi connectivity index (χ0v) is 21.9. The van der Waals surface area contributed by atoms with Gasteiger partial charge in [0.05, 0.1) is 6.42 Å².